The van der Waals surface area contributed by atoms with Gasteiger partial charge in [-0.25, -0.2) is 4.98 Å². The minimum Gasteiger partial charge on any atom is -0.346 e. The van der Waals surface area contributed by atoms with Gasteiger partial charge >= 0.3 is 0 Å². The number of hydrogen-bond acceptors (Lipinski definition) is 4. The molecule has 18 heavy (non-hydrogen) atoms. The van der Waals surface area contributed by atoms with Crippen LogP contribution in [0.1, 0.15) is 20.3 Å². The minimum absolute atomic E-state index is 0.136. The topological polar surface area (TPSA) is 59.1 Å². The molecule has 0 saturated heterocycles. The monoisotopic (exact) mass is 266 g/mol. The number of carbonyl (C=O) groups is 2. The Bertz CT molecular complexity index is 382. The molecule has 1 aromatic heterocycles. The lowest BCUT2D eigenvalue weighted by Gasteiger charge is -2.14. The molecule has 0 aliphatic carbocycles. The van der Waals surface area contributed by atoms with Crippen molar-refractivity contribution in [2.24, 2.45) is 5.92 Å². The third-order valence-corrected chi connectivity index (χ3v) is 3.17. The van der Waals surface area contributed by atoms with Crippen LogP contribution >= 0.6 is 11.8 Å². The van der Waals surface area contributed by atoms with Crippen LogP contribution in [0.25, 0.3) is 0 Å². The van der Waals surface area contributed by atoms with Crippen LogP contribution < -0.4 is 5.32 Å². The zero-order chi connectivity index (χ0) is 13.4. The summed E-state index contributed by atoms with van der Waals surface area (Å²) in [4.78, 5) is 26.6. The Kier molecular flexibility index (Phi) is 6.43. The highest BCUT2D eigenvalue weighted by Crippen LogP contribution is 2.13. The summed E-state index contributed by atoms with van der Waals surface area (Å²) in [6.07, 6.45) is 3.15. The number of pyridine rings is 1. The highest BCUT2D eigenvalue weighted by Gasteiger charge is 2.13. The van der Waals surface area contributed by atoms with E-state index in [1.807, 2.05) is 32.0 Å². The van der Waals surface area contributed by atoms with Crippen LogP contribution in [0.15, 0.2) is 29.4 Å². The van der Waals surface area contributed by atoms with Crippen molar-refractivity contribution in [3.05, 3.63) is 24.4 Å². The van der Waals surface area contributed by atoms with Crippen molar-refractivity contribution in [3.8, 4) is 0 Å². The van der Waals surface area contributed by atoms with E-state index in [0.717, 1.165) is 11.3 Å². The number of rotatable bonds is 7. The van der Waals surface area contributed by atoms with Gasteiger partial charge in [0.25, 0.3) is 0 Å². The summed E-state index contributed by atoms with van der Waals surface area (Å²) in [6.45, 7) is 4.04. The fourth-order valence-corrected chi connectivity index (χ4v) is 2.15. The Morgan fingerprint density at radius 2 is 2.28 bits per heavy atom. The van der Waals surface area contributed by atoms with Gasteiger partial charge < -0.3 is 10.1 Å². The predicted molar refractivity (Wildman–Crippen MR) is 72.4 cm³/mol. The third kappa shape index (κ3) is 5.82. The molecule has 0 saturated carbocycles. The molecule has 1 atom stereocenters. The SMILES string of the molecule is CC(C)CC(C=O)NC(=O)CSc1ccccn1. The Balaban J connectivity index is 2.34. The second kappa shape index (κ2) is 7.87. The molecule has 1 rings (SSSR count). The second-order valence-electron chi connectivity index (χ2n) is 4.40. The van der Waals surface area contributed by atoms with Crippen molar-refractivity contribution in [2.45, 2.75) is 31.3 Å². The number of aldehydes is 1. The molecule has 4 nitrogen and oxygen atoms in total. The lowest BCUT2D eigenvalue weighted by Crippen LogP contribution is -2.38. The molecule has 0 spiro atoms. The van der Waals surface area contributed by atoms with Gasteiger partial charge in [0.1, 0.15) is 6.29 Å². The van der Waals surface area contributed by atoms with E-state index in [1.165, 1.54) is 11.8 Å². The molecule has 0 aliphatic rings. The zero-order valence-corrected chi connectivity index (χ0v) is 11.4. The number of nitrogens with one attached hydrogen (secondary N) is 1. The first-order chi connectivity index (χ1) is 8.61. The van der Waals surface area contributed by atoms with Gasteiger partial charge in [0.2, 0.25) is 5.91 Å². The average Bonchev–Trinajstić information content (AvgIpc) is 2.36. The molecule has 0 radical (unpaired) electrons. The van der Waals surface area contributed by atoms with Crippen LogP contribution in [0.3, 0.4) is 0 Å². The number of hydrogen-bond donors (Lipinski definition) is 1. The summed E-state index contributed by atoms with van der Waals surface area (Å²) in [6, 6.07) is 5.17. The molecule has 5 heteroatoms. The van der Waals surface area contributed by atoms with Crippen molar-refractivity contribution in [3.63, 3.8) is 0 Å². The second-order valence-corrected chi connectivity index (χ2v) is 5.39. The minimum atomic E-state index is -0.387. The van der Waals surface area contributed by atoms with Crippen LogP contribution in [0.5, 0.6) is 0 Å². The molecule has 0 bridgehead atoms. The maximum Gasteiger partial charge on any atom is 0.230 e. The summed E-state index contributed by atoms with van der Waals surface area (Å²) in [5, 5.41) is 3.52. The molecule has 1 unspecified atom stereocenters. The van der Waals surface area contributed by atoms with E-state index in [-0.39, 0.29) is 17.7 Å². The summed E-state index contributed by atoms with van der Waals surface area (Å²) in [5.41, 5.74) is 0. The lowest BCUT2D eigenvalue weighted by atomic mass is 10.1. The largest absolute Gasteiger partial charge is 0.346 e. The zero-order valence-electron chi connectivity index (χ0n) is 10.6. The van der Waals surface area contributed by atoms with Crippen molar-refractivity contribution < 1.29 is 9.59 Å². The lowest BCUT2D eigenvalue weighted by molar-refractivity contribution is -0.122. The summed E-state index contributed by atoms with van der Waals surface area (Å²) < 4.78 is 0. The van der Waals surface area contributed by atoms with Crippen molar-refractivity contribution in [2.75, 3.05) is 5.75 Å². The quantitative estimate of drug-likeness (QED) is 0.605. The predicted octanol–water partition coefficient (Wildman–Crippen LogP) is 1.90. The first-order valence-corrected chi connectivity index (χ1v) is 6.89. The first kappa shape index (κ1) is 14.7. The Morgan fingerprint density at radius 1 is 1.50 bits per heavy atom. The van der Waals surface area contributed by atoms with E-state index in [9.17, 15) is 9.59 Å². The number of carbonyl (C=O) groups excluding carboxylic acids is 2. The average molecular weight is 266 g/mol. The Hall–Kier alpha value is -1.36. The maximum atomic E-state index is 11.6. The van der Waals surface area contributed by atoms with Crippen LogP contribution in [-0.2, 0) is 9.59 Å². The molecule has 98 valence electrons. The summed E-state index contributed by atoms with van der Waals surface area (Å²) >= 11 is 1.36. The standard InChI is InChI=1S/C13H18N2O2S/c1-10(2)7-11(8-16)15-12(17)9-18-13-5-3-4-6-14-13/h3-6,8,10-11H,7,9H2,1-2H3,(H,15,17). The smallest absolute Gasteiger partial charge is 0.230 e. The van der Waals surface area contributed by atoms with E-state index in [0.29, 0.717) is 12.3 Å². The van der Waals surface area contributed by atoms with E-state index in [1.54, 1.807) is 6.20 Å². The molecular formula is C13H18N2O2S. The van der Waals surface area contributed by atoms with Crippen molar-refractivity contribution in [1.82, 2.24) is 10.3 Å². The van der Waals surface area contributed by atoms with Crippen LogP contribution in [0, 0.1) is 5.92 Å². The van der Waals surface area contributed by atoms with Gasteiger partial charge in [-0.1, -0.05) is 31.7 Å². The summed E-state index contributed by atoms with van der Waals surface area (Å²) in [7, 11) is 0. The molecule has 1 aromatic rings. The van der Waals surface area contributed by atoms with Gasteiger partial charge in [0.15, 0.2) is 0 Å². The molecule has 1 N–H and O–H groups in total. The number of aromatic nitrogens is 1. The van der Waals surface area contributed by atoms with Crippen LogP contribution in [0.4, 0.5) is 0 Å². The van der Waals surface area contributed by atoms with Gasteiger partial charge in [-0.05, 0) is 24.5 Å². The van der Waals surface area contributed by atoms with Gasteiger partial charge in [-0.15, -0.1) is 0 Å². The van der Waals surface area contributed by atoms with E-state index < -0.39 is 0 Å². The van der Waals surface area contributed by atoms with Crippen molar-refractivity contribution in [1.29, 1.82) is 0 Å². The molecule has 0 aliphatic heterocycles. The van der Waals surface area contributed by atoms with Crippen molar-refractivity contribution >= 4 is 24.0 Å². The Labute approximate surface area is 112 Å². The summed E-state index contributed by atoms with van der Waals surface area (Å²) in [5.74, 6) is 0.520. The molecule has 1 heterocycles. The van der Waals surface area contributed by atoms with Gasteiger partial charge in [0, 0.05) is 6.20 Å². The highest BCUT2D eigenvalue weighted by molar-refractivity contribution is 7.99. The van der Waals surface area contributed by atoms with E-state index in [4.69, 9.17) is 0 Å². The number of thioether (sulfide) groups is 1. The molecule has 0 fully saturated rings. The third-order valence-electron chi connectivity index (χ3n) is 2.22. The van der Waals surface area contributed by atoms with Gasteiger partial charge in [-0.2, -0.15) is 0 Å². The maximum absolute atomic E-state index is 11.6. The fraction of sp³-hybridized carbons (Fsp3) is 0.462. The highest BCUT2D eigenvalue weighted by atomic mass is 32.2. The first-order valence-electron chi connectivity index (χ1n) is 5.90. The number of nitrogens with zero attached hydrogens (tertiary/aromatic N) is 1. The van der Waals surface area contributed by atoms with Gasteiger partial charge in [0.05, 0.1) is 16.8 Å². The van der Waals surface area contributed by atoms with Gasteiger partial charge in [-0.3, -0.25) is 4.79 Å². The van der Waals surface area contributed by atoms with E-state index >= 15 is 0 Å². The molecule has 0 aromatic carbocycles. The van der Waals surface area contributed by atoms with Crippen LogP contribution in [-0.4, -0.2) is 29.0 Å². The number of amides is 1. The van der Waals surface area contributed by atoms with E-state index in [2.05, 4.69) is 10.3 Å². The molecular weight excluding hydrogens is 248 g/mol. The molecule has 1 amide bonds. The van der Waals surface area contributed by atoms with Crippen LogP contribution in [0.2, 0.25) is 0 Å². The fourth-order valence-electron chi connectivity index (χ4n) is 1.48. The Morgan fingerprint density at radius 3 is 2.83 bits per heavy atom. The normalized spacial score (nSPS) is 12.2.